The molecule has 0 saturated heterocycles. The zero-order chi connectivity index (χ0) is 16.3. The number of hydrogen-bond acceptors (Lipinski definition) is 3. The number of fused-ring (bicyclic) bond motifs is 1. The molecule has 0 radical (unpaired) electrons. The fraction of sp³-hybridized carbons (Fsp3) is 0.450. The normalized spacial score (nSPS) is 10.8. The smallest absolute Gasteiger partial charge is 0.308 e. The first-order chi connectivity index (χ1) is 11.3. The van der Waals surface area contributed by atoms with Crippen molar-refractivity contribution in [1.82, 2.24) is 0 Å². The van der Waals surface area contributed by atoms with Crippen LogP contribution < -0.4 is 0 Å². The highest BCUT2D eigenvalue weighted by molar-refractivity contribution is 5.82. The minimum atomic E-state index is -0.177. The van der Waals surface area contributed by atoms with Crippen molar-refractivity contribution in [1.29, 1.82) is 0 Å². The van der Waals surface area contributed by atoms with Gasteiger partial charge in [-0.1, -0.05) is 48.9 Å². The highest BCUT2D eigenvalue weighted by Crippen LogP contribution is 2.17. The lowest BCUT2D eigenvalue weighted by Crippen LogP contribution is -2.08. The second kappa shape index (κ2) is 10.0. The molecule has 2 aromatic carbocycles. The predicted molar refractivity (Wildman–Crippen MR) is 93.6 cm³/mol. The van der Waals surface area contributed by atoms with Crippen molar-refractivity contribution in [2.75, 3.05) is 19.8 Å². The van der Waals surface area contributed by atoms with Gasteiger partial charge in [0.15, 0.2) is 0 Å². The summed E-state index contributed by atoms with van der Waals surface area (Å²) < 4.78 is 10.3. The summed E-state index contributed by atoms with van der Waals surface area (Å²) in [6.45, 7) is 3.43. The van der Waals surface area contributed by atoms with Gasteiger partial charge in [-0.25, -0.2) is 0 Å². The molecule has 23 heavy (non-hydrogen) atoms. The summed E-state index contributed by atoms with van der Waals surface area (Å²) in [5, 5.41) is 2.61. The molecular formula is C20H26O3. The number of ether oxygens (including phenoxy) is 2. The van der Waals surface area contributed by atoms with Crippen molar-refractivity contribution in [3.05, 3.63) is 48.0 Å². The van der Waals surface area contributed by atoms with Gasteiger partial charge >= 0.3 is 5.97 Å². The molecule has 2 aromatic rings. The standard InChI is InChI=1S/C20H26O3/c1-2-23-20(21)13-15-22-14-7-3-4-8-17-11-12-18-9-5-6-10-19(18)16-17/h5-6,9-12,16H,2-4,7-8,13-15H2,1H3. The number of unbranched alkanes of at least 4 members (excludes halogenated alkanes) is 2. The Morgan fingerprint density at radius 3 is 2.61 bits per heavy atom. The van der Waals surface area contributed by atoms with Crippen LogP contribution in [0.2, 0.25) is 0 Å². The lowest BCUT2D eigenvalue weighted by Gasteiger charge is -2.05. The van der Waals surface area contributed by atoms with E-state index in [1.165, 1.54) is 22.8 Å². The Kier molecular flexibility index (Phi) is 7.61. The van der Waals surface area contributed by atoms with Gasteiger partial charge in [-0.3, -0.25) is 4.79 Å². The maximum absolute atomic E-state index is 11.1. The van der Waals surface area contributed by atoms with Crippen LogP contribution in [0.1, 0.15) is 38.2 Å². The fourth-order valence-corrected chi connectivity index (χ4v) is 2.60. The molecule has 3 heteroatoms. The van der Waals surface area contributed by atoms with Crippen LogP contribution in [0.3, 0.4) is 0 Å². The number of rotatable bonds is 10. The molecule has 0 unspecified atom stereocenters. The number of aryl methyl sites for hydroxylation is 1. The quantitative estimate of drug-likeness (QED) is 0.478. The van der Waals surface area contributed by atoms with E-state index in [-0.39, 0.29) is 5.97 Å². The van der Waals surface area contributed by atoms with Crippen molar-refractivity contribution in [2.45, 2.75) is 39.0 Å². The average Bonchev–Trinajstić information content (AvgIpc) is 2.57. The van der Waals surface area contributed by atoms with Gasteiger partial charge in [0, 0.05) is 6.61 Å². The van der Waals surface area contributed by atoms with E-state index in [1.54, 1.807) is 0 Å². The summed E-state index contributed by atoms with van der Waals surface area (Å²) in [6.07, 6.45) is 4.81. The summed E-state index contributed by atoms with van der Waals surface area (Å²) in [4.78, 5) is 11.1. The number of benzene rings is 2. The van der Waals surface area contributed by atoms with Crippen LogP contribution in [0.5, 0.6) is 0 Å². The minimum Gasteiger partial charge on any atom is -0.466 e. The molecule has 0 aliphatic carbocycles. The second-order valence-corrected chi connectivity index (χ2v) is 5.66. The van der Waals surface area contributed by atoms with Crippen LogP contribution in [0, 0.1) is 0 Å². The largest absolute Gasteiger partial charge is 0.466 e. The Hall–Kier alpha value is -1.87. The third-order valence-corrected chi connectivity index (χ3v) is 3.82. The maximum atomic E-state index is 11.1. The molecule has 124 valence electrons. The topological polar surface area (TPSA) is 35.5 Å². The number of carbonyl (C=O) groups is 1. The van der Waals surface area contributed by atoms with Crippen LogP contribution in [0.4, 0.5) is 0 Å². The highest BCUT2D eigenvalue weighted by atomic mass is 16.5. The van der Waals surface area contributed by atoms with Crippen LogP contribution in [-0.2, 0) is 20.7 Å². The summed E-state index contributed by atoms with van der Waals surface area (Å²) in [5.41, 5.74) is 1.40. The summed E-state index contributed by atoms with van der Waals surface area (Å²) in [7, 11) is 0. The Morgan fingerprint density at radius 2 is 1.78 bits per heavy atom. The van der Waals surface area contributed by atoms with Gasteiger partial charge in [-0.15, -0.1) is 0 Å². The lowest BCUT2D eigenvalue weighted by atomic mass is 10.0. The van der Waals surface area contributed by atoms with E-state index in [1.807, 2.05) is 6.92 Å². The van der Waals surface area contributed by atoms with Crippen LogP contribution in [0.15, 0.2) is 42.5 Å². The van der Waals surface area contributed by atoms with Crippen molar-refractivity contribution in [3.63, 3.8) is 0 Å². The molecule has 0 aliphatic heterocycles. The number of carbonyl (C=O) groups excluding carboxylic acids is 1. The first-order valence-corrected chi connectivity index (χ1v) is 8.50. The van der Waals surface area contributed by atoms with Gasteiger partial charge in [0.2, 0.25) is 0 Å². The van der Waals surface area contributed by atoms with E-state index in [9.17, 15) is 4.79 Å². The SMILES string of the molecule is CCOC(=O)CCOCCCCCc1ccc2ccccc2c1. The summed E-state index contributed by atoms with van der Waals surface area (Å²) >= 11 is 0. The zero-order valence-corrected chi connectivity index (χ0v) is 13.9. The fourth-order valence-electron chi connectivity index (χ4n) is 2.60. The Morgan fingerprint density at radius 1 is 0.957 bits per heavy atom. The van der Waals surface area contributed by atoms with E-state index >= 15 is 0 Å². The molecule has 0 fully saturated rings. The second-order valence-electron chi connectivity index (χ2n) is 5.66. The molecule has 3 nitrogen and oxygen atoms in total. The molecule has 0 heterocycles. The molecule has 0 amide bonds. The van der Waals surface area contributed by atoms with E-state index in [2.05, 4.69) is 42.5 Å². The summed E-state index contributed by atoms with van der Waals surface area (Å²) in [5.74, 6) is -0.177. The molecule has 0 aromatic heterocycles. The van der Waals surface area contributed by atoms with Crippen LogP contribution >= 0.6 is 0 Å². The van der Waals surface area contributed by atoms with Crippen molar-refractivity contribution in [3.8, 4) is 0 Å². The van der Waals surface area contributed by atoms with Crippen molar-refractivity contribution >= 4 is 16.7 Å². The first kappa shape index (κ1) is 17.5. The number of hydrogen-bond donors (Lipinski definition) is 0. The van der Waals surface area contributed by atoms with Crippen LogP contribution in [-0.4, -0.2) is 25.8 Å². The molecule has 0 bridgehead atoms. The van der Waals surface area contributed by atoms with E-state index in [0.717, 1.165) is 25.9 Å². The van der Waals surface area contributed by atoms with Crippen molar-refractivity contribution in [2.24, 2.45) is 0 Å². The minimum absolute atomic E-state index is 0.177. The van der Waals surface area contributed by atoms with Gasteiger partial charge < -0.3 is 9.47 Å². The molecular weight excluding hydrogens is 288 g/mol. The van der Waals surface area contributed by atoms with E-state index in [4.69, 9.17) is 9.47 Å². The molecule has 2 rings (SSSR count). The lowest BCUT2D eigenvalue weighted by molar-refractivity contribution is -0.144. The Balaban J connectivity index is 1.55. The zero-order valence-electron chi connectivity index (χ0n) is 13.9. The highest BCUT2D eigenvalue weighted by Gasteiger charge is 2.01. The molecule has 0 atom stereocenters. The first-order valence-electron chi connectivity index (χ1n) is 8.50. The maximum Gasteiger partial charge on any atom is 0.308 e. The predicted octanol–water partition coefficient (Wildman–Crippen LogP) is 4.52. The Bertz CT molecular complexity index is 607. The summed E-state index contributed by atoms with van der Waals surface area (Å²) in [6, 6.07) is 15.2. The molecule has 0 aliphatic rings. The monoisotopic (exact) mass is 314 g/mol. The molecule has 0 spiro atoms. The average molecular weight is 314 g/mol. The van der Waals surface area contributed by atoms with Crippen molar-refractivity contribution < 1.29 is 14.3 Å². The van der Waals surface area contributed by atoms with Gasteiger partial charge in [0.05, 0.1) is 19.6 Å². The third-order valence-electron chi connectivity index (χ3n) is 3.82. The van der Waals surface area contributed by atoms with Gasteiger partial charge in [-0.2, -0.15) is 0 Å². The van der Waals surface area contributed by atoms with Crippen LogP contribution in [0.25, 0.3) is 10.8 Å². The van der Waals surface area contributed by atoms with Gasteiger partial charge in [0.25, 0.3) is 0 Å². The van der Waals surface area contributed by atoms with E-state index < -0.39 is 0 Å². The Labute approximate surface area is 138 Å². The molecule has 0 saturated carbocycles. The van der Waals surface area contributed by atoms with Gasteiger partial charge in [0.1, 0.15) is 0 Å². The van der Waals surface area contributed by atoms with Gasteiger partial charge in [-0.05, 0) is 42.5 Å². The number of esters is 1. The third kappa shape index (κ3) is 6.41. The molecule has 0 N–H and O–H groups in total. The van der Waals surface area contributed by atoms with E-state index in [0.29, 0.717) is 19.6 Å².